The molecule has 0 aliphatic heterocycles. The van der Waals surface area contributed by atoms with Gasteiger partial charge in [-0.15, -0.1) is 0 Å². The number of carbonyl (C=O) groups excluding carboxylic acids is 1. The summed E-state index contributed by atoms with van der Waals surface area (Å²) in [6.07, 6.45) is 4.88. The first-order chi connectivity index (χ1) is 5.04. The molecule has 1 saturated carbocycles. The van der Waals surface area contributed by atoms with Gasteiger partial charge in [0.05, 0.1) is 0 Å². The molecule has 1 aliphatic carbocycles. The maximum absolute atomic E-state index is 11.2. The molecule has 1 heteroatoms. The van der Waals surface area contributed by atoms with Crippen molar-refractivity contribution in [2.24, 2.45) is 11.3 Å². The van der Waals surface area contributed by atoms with E-state index in [4.69, 9.17) is 0 Å². The van der Waals surface area contributed by atoms with Crippen molar-refractivity contribution in [2.45, 2.75) is 46.5 Å². The van der Waals surface area contributed by atoms with Gasteiger partial charge in [0.2, 0.25) is 0 Å². The first-order valence-electron chi connectivity index (χ1n) is 4.54. The quantitative estimate of drug-likeness (QED) is 0.567. The lowest BCUT2D eigenvalue weighted by Gasteiger charge is -2.36. The van der Waals surface area contributed by atoms with E-state index < -0.39 is 0 Å². The minimum Gasteiger partial charge on any atom is -0.300 e. The molecule has 0 amide bonds. The summed E-state index contributed by atoms with van der Waals surface area (Å²) in [4.78, 5) is 11.2. The summed E-state index contributed by atoms with van der Waals surface area (Å²) in [5.41, 5.74) is 0.268. The Morgan fingerprint density at radius 2 is 2.00 bits per heavy atom. The van der Waals surface area contributed by atoms with E-state index in [1.54, 1.807) is 6.92 Å². The lowest BCUT2D eigenvalue weighted by Crippen LogP contribution is -2.32. The van der Waals surface area contributed by atoms with Crippen LogP contribution >= 0.6 is 0 Å². The molecule has 0 aromatic rings. The Morgan fingerprint density at radius 3 is 2.36 bits per heavy atom. The maximum atomic E-state index is 11.2. The van der Waals surface area contributed by atoms with Gasteiger partial charge in [0.25, 0.3) is 0 Å². The molecule has 0 unspecified atom stereocenters. The Bertz CT molecular complexity index is 158. The Hall–Kier alpha value is -0.330. The number of rotatable bonds is 1. The molecule has 1 atom stereocenters. The van der Waals surface area contributed by atoms with Crippen LogP contribution in [0.2, 0.25) is 0 Å². The van der Waals surface area contributed by atoms with Crippen molar-refractivity contribution >= 4 is 5.78 Å². The minimum atomic E-state index is 0.268. The van der Waals surface area contributed by atoms with E-state index in [1.807, 2.05) is 0 Å². The standard InChI is InChI=1S/C10H18O/c1-8(11)9-6-4-5-7-10(9,2)3/h9H,4-7H2,1-3H3/t9-/m1/s1. The molecule has 0 bridgehead atoms. The van der Waals surface area contributed by atoms with Gasteiger partial charge in [0, 0.05) is 5.92 Å². The van der Waals surface area contributed by atoms with Crippen LogP contribution < -0.4 is 0 Å². The summed E-state index contributed by atoms with van der Waals surface area (Å²) in [6, 6.07) is 0. The van der Waals surface area contributed by atoms with Crippen molar-refractivity contribution in [3.63, 3.8) is 0 Å². The van der Waals surface area contributed by atoms with Gasteiger partial charge in [-0.05, 0) is 25.2 Å². The fraction of sp³-hybridized carbons (Fsp3) is 0.900. The summed E-state index contributed by atoms with van der Waals surface area (Å²) >= 11 is 0. The molecule has 0 saturated heterocycles. The topological polar surface area (TPSA) is 17.1 Å². The smallest absolute Gasteiger partial charge is 0.133 e. The minimum absolute atomic E-state index is 0.268. The van der Waals surface area contributed by atoms with Crippen LogP contribution in [0, 0.1) is 11.3 Å². The molecule has 1 aliphatic rings. The van der Waals surface area contributed by atoms with Crippen LogP contribution in [0.4, 0.5) is 0 Å². The predicted octanol–water partition coefficient (Wildman–Crippen LogP) is 2.79. The van der Waals surface area contributed by atoms with E-state index in [-0.39, 0.29) is 5.41 Å². The molecule has 0 N–H and O–H groups in total. The summed E-state index contributed by atoms with van der Waals surface area (Å²) in [7, 11) is 0. The molecule has 1 fully saturated rings. The van der Waals surface area contributed by atoms with Gasteiger partial charge in [0.15, 0.2) is 0 Å². The van der Waals surface area contributed by atoms with E-state index in [2.05, 4.69) is 13.8 Å². The van der Waals surface area contributed by atoms with Crippen LogP contribution in [0.15, 0.2) is 0 Å². The van der Waals surface area contributed by atoms with Crippen molar-refractivity contribution in [1.29, 1.82) is 0 Å². The highest BCUT2D eigenvalue weighted by molar-refractivity contribution is 5.79. The van der Waals surface area contributed by atoms with E-state index >= 15 is 0 Å². The highest BCUT2D eigenvalue weighted by Crippen LogP contribution is 2.40. The molecular formula is C10H18O. The molecule has 1 rings (SSSR count). The Kier molecular flexibility index (Phi) is 2.36. The predicted molar refractivity (Wildman–Crippen MR) is 46.4 cm³/mol. The van der Waals surface area contributed by atoms with Crippen LogP contribution in [0.3, 0.4) is 0 Å². The molecular weight excluding hydrogens is 136 g/mol. The second-order valence-electron chi connectivity index (χ2n) is 4.40. The molecule has 11 heavy (non-hydrogen) atoms. The molecule has 64 valence electrons. The van der Waals surface area contributed by atoms with Crippen molar-refractivity contribution in [1.82, 2.24) is 0 Å². The number of Topliss-reactive ketones (excluding diaryl/α,β-unsaturated/α-hetero) is 1. The number of hydrogen-bond acceptors (Lipinski definition) is 1. The second-order valence-corrected chi connectivity index (χ2v) is 4.40. The van der Waals surface area contributed by atoms with Crippen LogP contribution in [0.1, 0.15) is 46.5 Å². The van der Waals surface area contributed by atoms with Crippen LogP contribution in [-0.2, 0) is 4.79 Å². The molecule has 0 radical (unpaired) electrons. The van der Waals surface area contributed by atoms with Gasteiger partial charge >= 0.3 is 0 Å². The third-order valence-electron chi connectivity index (χ3n) is 3.00. The van der Waals surface area contributed by atoms with Crippen molar-refractivity contribution in [2.75, 3.05) is 0 Å². The Labute approximate surface area is 69.2 Å². The zero-order valence-corrected chi connectivity index (χ0v) is 7.81. The van der Waals surface area contributed by atoms with Gasteiger partial charge < -0.3 is 0 Å². The average Bonchev–Trinajstić information content (AvgIpc) is 1.85. The van der Waals surface area contributed by atoms with Crippen molar-refractivity contribution in [3.8, 4) is 0 Å². The highest BCUT2D eigenvalue weighted by atomic mass is 16.1. The monoisotopic (exact) mass is 154 g/mol. The van der Waals surface area contributed by atoms with Gasteiger partial charge in [-0.1, -0.05) is 26.7 Å². The molecule has 0 spiro atoms. The molecule has 0 heterocycles. The van der Waals surface area contributed by atoms with Gasteiger partial charge in [-0.3, -0.25) is 4.79 Å². The first kappa shape index (κ1) is 8.76. The Balaban J connectivity index is 2.67. The molecule has 0 aromatic carbocycles. The zero-order valence-electron chi connectivity index (χ0n) is 7.81. The fourth-order valence-electron chi connectivity index (χ4n) is 2.25. The van der Waals surface area contributed by atoms with Crippen LogP contribution in [0.5, 0.6) is 0 Å². The summed E-state index contributed by atoms with van der Waals surface area (Å²) < 4.78 is 0. The lowest BCUT2D eigenvalue weighted by atomic mass is 9.67. The molecule has 1 nitrogen and oxygen atoms in total. The van der Waals surface area contributed by atoms with E-state index in [0.717, 1.165) is 6.42 Å². The average molecular weight is 154 g/mol. The van der Waals surface area contributed by atoms with E-state index in [1.165, 1.54) is 19.3 Å². The largest absolute Gasteiger partial charge is 0.300 e. The maximum Gasteiger partial charge on any atom is 0.133 e. The van der Waals surface area contributed by atoms with Gasteiger partial charge in [-0.2, -0.15) is 0 Å². The van der Waals surface area contributed by atoms with Crippen molar-refractivity contribution in [3.05, 3.63) is 0 Å². The van der Waals surface area contributed by atoms with Gasteiger partial charge in [-0.25, -0.2) is 0 Å². The third kappa shape index (κ3) is 1.82. The van der Waals surface area contributed by atoms with Crippen LogP contribution in [-0.4, -0.2) is 5.78 Å². The SMILES string of the molecule is CC(=O)[C@H]1CCCCC1(C)C. The normalized spacial score (nSPS) is 29.9. The second kappa shape index (κ2) is 2.96. The Morgan fingerprint density at radius 1 is 1.36 bits per heavy atom. The lowest BCUT2D eigenvalue weighted by molar-refractivity contribution is -0.125. The molecule has 0 aromatic heterocycles. The number of hydrogen-bond donors (Lipinski definition) is 0. The summed E-state index contributed by atoms with van der Waals surface area (Å²) in [5, 5.41) is 0. The van der Waals surface area contributed by atoms with Crippen LogP contribution in [0.25, 0.3) is 0 Å². The third-order valence-corrected chi connectivity index (χ3v) is 3.00. The zero-order chi connectivity index (χ0) is 8.48. The fourth-order valence-corrected chi connectivity index (χ4v) is 2.25. The van der Waals surface area contributed by atoms with E-state index in [0.29, 0.717) is 11.7 Å². The summed E-state index contributed by atoms with van der Waals surface area (Å²) in [5.74, 6) is 0.714. The van der Waals surface area contributed by atoms with E-state index in [9.17, 15) is 4.79 Å². The first-order valence-corrected chi connectivity index (χ1v) is 4.54. The highest BCUT2D eigenvalue weighted by Gasteiger charge is 2.34. The number of carbonyl (C=O) groups is 1. The summed E-state index contributed by atoms with van der Waals surface area (Å²) in [6.45, 7) is 6.17. The number of ketones is 1. The van der Waals surface area contributed by atoms with Crippen molar-refractivity contribution < 1.29 is 4.79 Å². The van der Waals surface area contributed by atoms with Gasteiger partial charge in [0.1, 0.15) is 5.78 Å².